The predicted molar refractivity (Wildman–Crippen MR) is 180 cm³/mol. The number of halogens is 8. The van der Waals surface area contributed by atoms with Crippen LogP contribution in [0.1, 0.15) is 11.1 Å². The van der Waals surface area contributed by atoms with Gasteiger partial charge in [-0.3, -0.25) is 9.97 Å². The Labute approximate surface area is 297 Å². The van der Waals surface area contributed by atoms with Gasteiger partial charge in [0.05, 0.1) is 22.9 Å². The predicted octanol–water partition coefficient (Wildman–Crippen LogP) is 10.3. The third-order valence-corrected chi connectivity index (χ3v) is 9.28. The quantitative estimate of drug-likeness (QED) is 0.130. The molecule has 0 aliphatic heterocycles. The number of pyridine rings is 2. The Balaban J connectivity index is 1.20. The van der Waals surface area contributed by atoms with Gasteiger partial charge in [-0.1, -0.05) is 60.7 Å². The van der Waals surface area contributed by atoms with E-state index in [-0.39, 0.29) is 33.6 Å². The SMILES string of the molecule is O=S(=O)(Cc1ccc(-c2ncccc2-c2cccc(OC(F)(F)F)c2)cc1F)Cc1ccc(-c2ncccc2-c2cccc(OC(F)(F)F)c2)cc1F. The van der Waals surface area contributed by atoms with Crippen molar-refractivity contribution in [1.29, 1.82) is 0 Å². The largest absolute Gasteiger partial charge is 0.573 e. The maximum Gasteiger partial charge on any atom is 0.573 e. The van der Waals surface area contributed by atoms with Crippen LogP contribution in [0, 0.1) is 11.6 Å². The number of benzene rings is 4. The van der Waals surface area contributed by atoms with E-state index in [9.17, 15) is 34.8 Å². The summed E-state index contributed by atoms with van der Waals surface area (Å²) in [7, 11) is -4.15. The van der Waals surface area contributed by atoms with E-state index in [1.54, 1.807) is 24.3 Å². The Bertz CT molecular complexity index is 2240. The van der Waals surface area contributed by atoms with Crippen molar-refractivity contribution < 1.29 is 53.0 Å². The zero-order valence-electron chi connectivity index (χ0n) is 26.9. The molecule has 0 aliphatic carbocycles. The van der Waals surface area contributed by atoms with Crippen molar-refractivity contribution in [2.24, 2.45) is 0 Å². The van der Waals surface area contributed by atoms with Gasteiger partial charge in [0.15, 0.2) is 9.84 Å². The molecule has 272 valence electrons. The topological polar surface area (TPSA) is 78.4 Å². The maximum atomic E-state index is 15.4. The molecule has 0 aliphatic rings. The molecule has 0 radical (unpaired) electrons. The number of hydrogen-bond donors (Lipinski definition) is 0. The van der Waals surface area contributed by atoms with Gasteiger partial charge >= 0.3 is 12.7 Å². The van der Waals surface area contributed by atoms with Crippen molar-refractivity contribution in [1.82, 2.24) is 9.97 Å². The normalized spacial score (nSPS) is 12.1. The van der Waals surface area contributed by atoms with Crippen LogP contribution in [0.2, 0.25) is 0 Å². The van der Waals surface area contributed by atoms with E-state index >= 15 is 8.78 Å². The lowest BCUT2D eigenvalue weighted by molar-refractivity contribution is -0.275. The highest BCUT2D eigenvalue weighted by Crippen LogP contribution is 2.36. The van der Waals surface area contributed by atoms with E-state index in [4.69, 9.17) is 0 Å². The van der Waals surface area contributed by atoms with E-state index in [1.165, 1.54) is 60.9 Å². The number of hydrogen-bond acceptors (Lipinski definition) is 6. The van der Waals surface area contributed by atoms with Crippen LogP contribution in [0.4, 0.5) is 35.1 Å². The molecule has 0 N–H and O–H groups in total. The summed E-state index contributed by atoms with van der Waals surface area (Å²) in [6.45, 7) is 0. The molecule has 6 aromatic rings. The Hall–Kier alpha value is -5.83. The third-order valence-electron chi connectivity index (χ3n) is 7.78. The van der Waals surface area contributed by atoms with Gasteiger partial charge in [0, 0.05) is 45.8 Å². The molecule has 0 bridgehead atoms. The van der Waals surface area contributed by atoms with Crippen LogP contribution in [-0.2, 0) is 21.3 Å². The lowest BCUT2D eigenvalue weighted by Gasteiger charge is -2.14. The van der Waals surface area contributed by atoms with Crippen LogP contribution in [0.15, 0.2) is 122 Å². The molecule has 2 aromatic heterocycles. The van der Waals surface area contributed by atoms with Gasteiger partial charge in [-0.15, -0.1) is 26.3 Å². The molecule has 6 rings (SSSR count). The molecule has 0 atom stereocenters. The maximum absolute atomic E-state index is 15.4. The number of nitrogens with zero attached hydrogens (tertiary/aromatic N) is 2. The lowest BCUT2D eigenvalue weighted by atomic mass is 9.98. The Morgan fingerprint density at radius 1 is 0.509 bits per heavy atom. The van der Waals surface area contributed by atoms with Gasteiger partial charge in [-0.05, 0) is 59.7 Å². The highest BCUT2D eigenvalue weighted by molar-refractivity contribution is 7.89. The molecular weight excluding hydrogens is 732 g/mol. The summed E-state index contributed by atoms with van der Waals surface area (Å²) in [6.07, 6.45) is -7.01. The molecule has 15 heteroatoms. The van der Waals surface area contributed by atoms with Gasteiger partial charge in [-0.25, -0.2) is 17.2 Å². The van der Waals surface area contributed by atoms with Crippen molar-refractivity contribution in [2.45, 2.75) is 24.2 Å². The van der Waals surface area contributed by atoms with Crippen LogP contribution in [-0.4, -0.2) is 31.1 Å². The molecule has 0 fully saturated rings. The average molecular weight is 757 g/mol. The second kappa shape index (κ2) is 14.7. The van der Waals surface area contributed by atoms with Crippen LogP contribution < -0.4 is 9.47 Å². The summed E-state index contributed by atoms with van der Waals surface area (Å²) < 4.78 is 142. The third kappa shape index (κ3) is 9.35. The summed E-state index contributed by atoms with van der Waals surface area (Å²) in [6, 6.07) is 24.0. The molecule has 53 heavy (non-hydrogen) atoms. The molecule has 0 saturated carbocycles. The minimum Gasteiger partial charge on any atom is -0.406 e. The minimum absolute atomic E-state index is 0.210. The summed E-state index contributed by atoms with van der Waals surface area (Å²) >= 11 is 0. The monoisotopic (exact) mass is 756 g/mol. The zero-order valence-corrected chi connectivity index (χ0v) is 27.7. The van der Waals surface area contributed by atoms with Crippen molar-refractivity contribution in [3.05, 3.63) is 144 Å². The molecule has 4 aromatic carbocycles. The first-order chi connectivity index (χ1) is 25.0. The number of aromatic nitrogens is 2. The fraction of sp³-hybridized carbons (Fsp3) is 0.105. The molecule has 0 spiro atoms. The smallest absolute Gasteiger partial charge is 0.406 e. The van der Waals surface area contributed by atoms with Crippen molar-refractivity contribution >= 4 is 9.84 Å². The second-order valence-electron chi connectivity index (χ2n) is 11.6. The van der Waals surface area contributed by atoms with Gasteiger partial charge in [0.1, 0.15) is 23.1 Å². The van der Waals surface area contributed by atoms with Gasteiger partial charge in [-0.2, -0.15) is 0 Å². The first-order valence-corrected chi connectivity index (χ1v) is 17.3. The summed E-state index contributed by atoms with van der Waals surface area (Å²) in [5, 5.41) is 0. The first kappa shape index (κ1) is 36.9. The second-order valence-corrected chi connectivity index (χ2v) is 13.7. The first-order valence-electron chi connectivity index (χ1n) is 15.4. The van der Waals surface area contributed by atoms with Crippen molar-refractivity contribution in [2.75, 3.05) is 0 Å². The molecule has 0 saturated heterocycles. The van der Waals surface area contributed by atoms with E-state index < -0.39 is 57.2 Å². The van der Waals surface area contributed by atoms with Crippen molar-refractivity contribution in [3.63, 3.8) is 0 Å². The van der Waals surface area contributed by atoms with E-state index in [2.05, 4.69) is 19.4 Å². The highest BCUT2D eigenvalue weighted by Gasteiger charge is 2.32. The van der Waals surface area contributed by atoms with E-state index in [0.717, 1.165) is 36.4 Å². The van der Waals surface area contributed by atoms with E-state index in [0.29, 0.717) is 22.3 Å². The van der Waals surface area contributed by atoms with Crippen LogP contribution in [0.5, 0.6) is 11.5 Å². The standard InChI is InChI=1S/C38H24F8N2O4S/c39-33-19-25(35-31(9-3-15-47-35)23-5-1-7-29(17-23)51-37(41,42)43)11-13-27(33)21-53(49,50)22-28-14-12-26(20-34(28)40)36-32(10-4-16-48-36)24-6-2-8-30(18-24)52-38(44,45)46/h1-20H,21-22H2. The van der Waals surface area contributed by atoms with Gasteiger partial charge in [0.25, 0.3) is 0 Å². The molecule has 6 nitrogen and oxygen atoms in total. The zero-order chi connectivity index (χ0) is 38.0. The summed E-state index contributed by atoms with van der Waals surface area (Å²) in [4.78, 5) is 8.54. The van der Waals surface area contributed by atoms with Crippen LogP contribution in [0.25, 0.3) is 44.8 Å². The van der Waals surface area contributed by atoms with Crippen LogP contribution >= 0.6 is 0 Å². The molecule has 2 heterocycles. The van der Waals surface area contributed by atoms with E-state index in [1.807, 2.05) is 0 Å². The Morgan fingerprint density at radius 2 is 0.925 bits per heavy atom. The number of rotatable bonds is 10. The highest BCUT2D eigenvalue weighted by atomic mass is 32.2. The van der Waals surface area contributed by atoms with Crippen LogP contribution in [0.3, 0.4) is 0 Å². The lowest BCUT2D eigenvalue weighted by Crippen LogP contribution is -2.17. The molecule has 0 unspecified atom stereocenters. The molecule has 0 amide bonds. The summed E-state index contributed by atoms with van der Waals surface area (Å²) in [5.41, 5.74) is 1.78. The van der Waals surface area contributed by atoms with Crippen molar-refractivity contribution in [3.8, 4) is 56.3 Å². The number of sulfone groups is 1. The molecular formula is C38H24F8N2O4S. The minimum atomic E-state index is -4.91. The number of ether oxygens (including phenoxy) is 2. The van der Waals surface area contributed by atoms with Gasteiger partial charge < -0.3 is 9.47 Å². The summed E-state index contributed by atoms with van der Waals surface area (Å²) in [5.74, 6) is -4.30. The Kier molecular flexibility index (Phi) is 10.2. The fourth-order valence-corrected chi connectivity index (χ4v) is 7.12. The average Bonchev–Trinajstić information content (AvgIpc) is 3.09. The van der Waals surface area contributed by atoms with Gasteiger partial charge in [0.2, 0.25) is 0 Å². The Morgan fingerprint density at radius 3 is 1.30 bits per heavy atom. The fourth-order valence-electron chi connectivity index (χ4n) is 5.61. The number of alkyl halides is 6.